The largest absolute Gasteiger partial charge is 0.452 e. The monoisotopic (exact) mass is 627 g/mol. The van der Waals surface area contributed by atoms with E-state index in [4.69, 9.17) is 9.47 Å². The number of fused-ring (bicyclic) bond motifs is 1. The second-order valence-electron chi connectivity index (χ2n) is 12.4. The minimum Gasteiger partial charge on any atom is -0.452 e. The molecule has 3 saturated heterocycles. The molecule has 2 unspecified atom stereocenters. The van der Waals surface area contributed by atoms with Gasteiger partial charge in [-0.2, -0.15) is 0 Å². The summed E-state index contributed by atoms with van der Waals surface area (Å²) in [6, 6.07) is 5.45. The fourth-order valence-corrected chi connectivity index (χ4v) is 5.96. The molecule has 2 N–H and O–H groups in total. The summed E-state index contributed by atoms with van der Waals surface area (Å²) in [5, 5.41) is 5.54. The molecule has 13 nitrogen and oxygen atoms in total. The molecule has 45 heavy (non-hydrogen) atoms. The van der Waals surface area contributed by atoms with Crippen molar-refractivity contribution >= 4 is 35.5 Å². The summed E-state index contributed by atoms with van der Waals surface area (Å²) in [6.45, 7) is 5.84. The fraction of sp³-hybridized carbons (Fsp3) is 0.625. The van der Waals surface area contributed by atoms with E-state index in [1.54, 1.807) is 6.92 Å². The van der Waals surface area contributed by atoms with Gasteiger partial charge in [-0.1, -0.05) is 44.2 Å². The van der Waals surface area contributed by atoms with Crippen molar-refractivity contribution in [2.45, 2.75) is 89.3 Å². The highest BCUT2D eigenvalue weighted by Gasteiger charge is 2.43. The second kappa shape index (κ2) is 14.9. The molecule has 5 amide bonds. The van der Waals surface area contributed by atoms with Gasteiger partial charge in [-0.15, -0.1) is 0 Å². The van der Waals surface area contributed by atoms with Gasteiger partial charge in [-0.05, 0) is 31.2 Å². The van der Waals surface area contributed by atoms with Crippen LogP contribution in [0.2, 0.25) is 0 Å². The van der Waals surface area contributed by atoms with E-state index < -0.39 is 65.8 Å². The molecule has 6 atom stereocenters. The van der Waals surface area contributed by atoms with Crippen molar-refractivity contribution in [3.63, 3.8) is 0 Å². The molecular weight excluding hydrogens is 582 g/mol. The van der Waals surface area contributed by atoms with Gasteiger partial charge >= 0.3 is 5.97 Å². The molecule has 0 radical (unpaired) electrons. The molecule has 0 spiro atoms. The van der Waals surface area contributed by atoms with Crippen LogP contribution in [0.5, 0.6) is 0 Å². The lowest BCUT2D eigenvalue weighted by Gasteiger charge is -2.37. The van der Waals surface area contributed by atoms with Crippen LogP contribution in [0.3, 0.4) is 0 Å². The van der Waals surface area contributed by atoms with E-state index in [1.165, 1.54) is 28.8 Å². The molecule has 1 aromatic rings. The lowest BCUT2D eigenvalue weighted by atomic mass is 9.98. The van der Waals surface area contributed by atoms with Crippen molar-refractivity contribution in [2.75, 3.05) is 33.8 Å². The Morgan fingerprint density at radius 2 is 1.62 bits per heavy atom. The second-order valence-corrected chi connectivity index (χ2v) is 12.4. The summed E-state index contributed by atoms with van der Waals surface area (Å²) >= 11 is 0. The topological polar surface area (TPSA) is 158 Å². The quantitative estimate of drug-likeness (QED) is 0.348. The standard InChI is InChI=1S/C32H45N5O8/c1-19(2)27-32(43)35(4)20(3)28(39)33-14-13-26(38)45-25(17-22-18-44-22)31(42)37-15-9-12-24(37)29(40)34-23(30(41)36(27)5)16-21-10-7-6-8-11-21/h6-8,10-11,19-20,22-25,27H,9,12-18H2,1-5H3,(H,33,39)(H,34,40)/t20-,22?,23-,24-,25+,27?/m0/s1. The third kappa shape index (κ3) is 8.38. The molecular formula is C32H45N5O8. The van der Waals surface area contributed by atoms with Crippen LogP contribution in [-0.4, -0.2) is 120 Å². The number of likely N-dealkylation sites (N-methyl/N-ethyl adjacent to an activating group) is 2. The highest BCUT2D eigenvalue weighted by Crippen LogP contribution is 2.25. The van der Waals surface area contributed by atoms with Crippen molar-refractivity contribution in [2.24, 2.45) is 5.92 Å². The summed E-state index contributed by atoms with van der Waals surface area (Å²) in [5.41, 5.74) is 0.800. The first-order chi connectivity index (χ1) is 21.4. The number of carbonyl (C=O) groups is 6. The van der Waals surface area contributed by atoms with E-state index in [0.29, 0.717) is 19.4 Å². The van der Waals surface area contributed by atoms with Gasteiger partial charge in [0.25, 0.3) is 5.91 Å². The van der Waals surface area contributed by atoms with Gasteiger partial charge < -0.3 is 34.8 Å². The van der Waals surface area contributed by atoms with Crippen molar-refractivity contribution in [3.05, 3.63) is 35.9 Å². The van der Waals surface area contributed by atoms with Gasteiger partial charge in [0.05, 0.1) is 19.1 Å². The average molecular weight is 628 g/mol. The van der Waals surface area contributed by atoms with Crippen LogP contribution in [0.4, 0.5) is 0 Å². The van der Waals surface area contributed by atoms with Crippen molar-refractivity contribution < 1.29 is 38.2 Å². The maximum atomic E-state index is 14.1. The summed E-state index contributed by atoms with van der Waals surface area (Å²) in [5.74, 6) is -3.40. The molecule has 0 bridgehead atoms. The van der Waals surface area contributed by atoms with Gasteiger partial charge in [0, 0.05) is 40.0 Å². The number of nitrogens with zero attached hydrogens (tertiary/aromatic N) is 3. The van der Waals surface area contributed by atoms with Crippen molar-refractivity contribution in [1.82, 2.24) is 25.3 Å². The number of nitrogens with one attached hydrogen (secondary N) is 2. The number of ether oxygens (including phenoxy) is 2. The normalized spacial score (nSPS) is 29.4. The van der Waals surface area contributed by atoms with Crippen LogP contribution in [0.1, 0.15) is 52.0 Å². The van der Waals surface area contributed by atoms with E-state index in [1.807, 2.05) is 44.2 Å². The number of amides is 5. The number of esters is 1. The highest BCUT2D eigenvalue weighted by molar-refractivity contribution is 5.96. The summed E-state index contributed by atoms with van der Waals surface area (Å²) in [6.07, 6.45) is -0.328. The maximum absolute atomic E-state index is 14.1. The predicted molar refractivity (Wildman–Crippen MR) is 162 cm³/mol. The minimum atomic E-state index is -1.15. The number of benzene rings is 1. The maximum Gasteiger partial charge on any atom is 0.308 e. The first kappa shape index (κ1) is 33.9. The van der Waals surface area contributed by atoms with E-state index in [9.17, 15) is 28.8 Å². The fourth-order valence-electron chi connectivity index (χ4n) is 5.96. The Kier molecular flexibility index (Phi) is 11.2. The Bertz CT molecular complexity index is 1270. The zero-order chi connectivity index (χ0) is 32.8. The Labute approximate surface area is 263 Å². The molecule has 0 aliphatic carbocycles. The lowest BCUT2D eigenvalue weighted by molar-refractivity contribution is -0.162. The molecule has 0 saturated carbocycles. The van der Waals surface area contributed by atoms with Crippen LogP contribution >= 0.6 is 0 Å². The minimum absolute atomic E-state index is 0.0627. The molecule has 3 heterocycles. The van der Waals surface area contributed by atoms with Crippen molar-refractivity contribution in [3.8, 4) is 0 Å². The number of rotatable bonds is 5. The molecule has 4 rings (SSSR count). The number of cyclic esters (lactones) is 1. The third-order valence-electron chi connectivity index (χ3n) is 8.75. The van der Waals surface area contributed by atoms with Crippen LogP contribution in [0.25, 0.3) is 0 Å². The lowest BCUT2D eigenvalue weighted by Crippen LogP contribution is -2.60. The summed E-state index contributed by atoms with van der Waals surface area (Å²) in [7, 11) is 3.01. The molecule has 1 aromatic carbocycles. The van der Waals surface area contributed by atoms with Crippen LogP contribution in [0.15, 0.2) is 30.3 Å². The number of carbonyl (C=O) groups excluding carboxylic acids is 6. The highest BCUT2D eigenvalue weighted by atomic mass is 16.6. The Morgan fingerprint density at radius 3 is 2.27 bits per heavy atom. The molecule has 0 aromatic heterocycles. The number of hydrogen-bond acceptors (Lipinski definition) is 8. The zero-order valence-electron chi connectivity index (χ0n) is 26.7. The van der Waals surface area contributed by atoms with E-state index in [2.05, 4.69) is 10.6 Å². The number of epoxide rings is 1. The molecule has 3 aliphatic heterocycles. The smallest absolute Gasteiger partial charge is 0.308 e. The first-order valence-corrected chi connectivity index (χ1v) is 15.7. The van der Waals surface area contributed by atoms with Gasteiger partial charge in [0.1, 0.15) is 24.2 Å². The Morgan fingerprint density at radius 1 is 0.933 bits per heavy atom. The van der Waals surface area contributed by atoms with E-state index in [-0.39, 0.29) is 44.4 Å². The zero-order valence-corrected chi connectivity index (χ0v) is 26.7. The van der Waals surface area contributed by atoms with Gasteiger partial charge in [-0.25, -0.2) is 0 Å². The summed E-state index contributed by atoms with van der Waals surface area (Å²) in [4.78, 5) is 85.2. The molecule has 246 valence electrons. The predicted octanol–water partition coefficient (Wildman–Crippen LogP) is 0.255. The summed E-state index contributed by atoms with van der Waals surface area (Å²) < 4.78 is 10.9. The first-order valence-electron chi connectivity index (χ1n) is 15.7. The van der Waals surface area contributed by atoms with E-state index >= 15 is 0 Å². The third-order valence-corrected chi connectivity index (χ3v) is 8.75. The average Bonchev–Trinajstić information content (AvgIpc) is 3.69. The Hall–Kier alpha value is -4.00. The Balaban J connectivity index is 1.69. The van der Waals surface area contributed by atoms with E-state index in [0.717, 1.165) is 5.56 Å². The molecule has 3 aliphatic rings. The van der Waals surface area contributed by atoms with Gasteiger partial charge in [0.2, 0.25) is 23.6 Å². The van der Waals surface area contributed by atoms with Crippen molar-refractivity contribution in [1.29, 1.82) is 0 Å². The van der Waals surface area contributed by atoms with Gasteiger partial charge in [0.15, 0.2) is 6.10 Å². The van der Waals surface area contributed by atoms with Crippen LogP contribution < -0.4 is 10.6 Å². The number of hydrogen-bond donors (Lipinski definition) is 2. The SMILES string of the molecule is CC(C)C1C(=O)N(C)[C@@H](C)C(=O)NCCC(=O)O[C@H](CC2CO2)C(=O)N2CCC[C@H]2C(=O)N[C@@H](Cc2ccccc2)C(=O)N1C. The molecule has 13 heteroatoms. The van der Waals surface area contributed by atoms with Gasteiger partial charge in [-0.3, -0.25) is 28.8 Å². The van der Waals surface area contributed by atoms with Crippen LogP contribution in [-0.2, 0) is 44.7 Å². The molecule has 3 fully saturated rings. The van der Waals surface area contributed by atoms with Crippen LogP contribution in [0, 0.1) is 5.92 Å².